The number of aryl methyl sites for hydroxylation is 1. The van der Waals surface area contributed by atoms with Crippen molar-refractivity contribution in [3.63, 3.8) is 0 Å². The second-order valence-electron chi connectivity index (χ2n) is 6.24. The molecule has 3 unspecified atom stereocenters. The summed E-state index contributed by atoms with van der Waals surface area (Å²) in [4.78, 5) is 0. The minimum Gasteiger partial charge on any atom is -0.314 e. The molecule has 106 valence electrons. The molecule has 0 amide bonds. The van der Waals surface area contributed by atoms with Crippen LogP contribution in [0, 0.1) is 24.6 Å². The van der Waals surface area contributed by atoms with E-state index in [4.69, 9.17) is 0 Å². The summed E-state index contributed by atoms with van der Waals surface area (Å²) in [5.41, 5.74) is 2.32. The molecule has 0 saturated heterocycles. The molecule has 0 aromatic heterocycles. The molecule has 2 heteroatoms. The van der Waals surface area contributed by atoms with Gasteiger partial charge >= 0.3 is 0 Å². The molecular weight excluding hydrogens is 237 g/mol. The fourth-order valence-electron chi connectivity index (χ4n) is 3.08. The first-order chi connectivity index (χ1) is 9.06. The van der Waals surface area contributed by atoms with E-state index < -0.39 is 0 Å². The normalized spacial score (nSPS) is 27.5. The van der Waals surface area contributed by atoms with E-state index in [0.29, 0.717) is 6.04 Å². The fourth-order valence-corrected chi connectivity index (χ4v) is 3.08. The maximum absolute atomic E-state index is 13.0. The SMILES string of the molecule is Cc1cc(F)ccc1CCNC1CCC(C)C(C)C1. The molecule has 2 rings (SSSR count). The highest BCUT2D eigenvalue weighted by molar-refractivity contribution is 5.26. The molecule has 0 radical (unpaired) electrons. The van der Waals surface area contributed by atoms with Crippen molar-refractivity contribution in [1.29, 1.82) is 0 Å². The Morgan fingerprint density at radius 2 is 2.00 bits per heavy atom. The van der Waals surface area contributed by atoms with Gasteiger partial charge in [-0.2, -0.15) is 0 Å². The highest BCUT2D eigenvalue weighted by Gasteiger charge is 2.23. The zero-order valence-corrected chi connectivity index (χ0v) is 12.4. The highest BCUT2D eigenvalue weighted by Crippen LogP contribution is 2.29. The van der Waals surface area contributed by atoms with E-state index in [2.05, 4.69) is 19.2 Å². The van der Waals surface area contributed by atoms with Crippen molar-refractivity contribution in [3.8, 4) is 0 Å². The molecule has 1 aromatic rings. The fraction of sp³-hybridized carbons (Fsp3) is 0.647. The van der Waals surface area contributed by atoms with Crippen molar-refractivity contribution in [1.82, 2.24) is 5.32 Å². The van der Waals surface area contributed by atoms with E-state index in [1.54, 1.807) is 12.1 Å². The topological polar surface area (TPSA) is 12.0 Å². The molecule has 0 spiro atoms. The Kier molecular flexibility index (Phi) is 4.98. The Bertz CT molecular complexity index is 416. The molecule has 0 bridgehead atoms. The smallest absolute Gasteiger partial charge is 0.123 e. The van der Waals surface area contributed by atoms with Crippen molar-refractivity contribution in [2.45, 2.75) is 52.5 Å². The highest BCUT2D eigenvalue weighted by atomic mass is 19.1. The van der Waals surface area contributed by atoms with Crippen molar-refractivity contribution >= 4 is 0 Å². The van der Waals surface area contributed by atoms with Crippen LogP contribution in [-0.2, 0) is 6.42 Å². The third-order valence-electron chi connectivity index (χ3n) is 4.73. The number of benzene rings is 1. The van der Waals surface area contributed by atoms with Crippen molar-refractivity contribution < 1.29 is 4.39 Å². The molecular formula is C17H26FN. The lowest BCUT2D eigenvalue weighted by Gasteiger charge is -2.32. The monoisotopic (exact) mass is 263 g/mol. The van der Waals surface area contributed by atoms with Crippen LogP contribution >= 0.6 is 0 Å². The van der Waals surface area contributed by atoms with Crippen LogP contribution < -0.4 is 5.32 Å². The lowest BCUT2D eigenvalue weighted by molar-refractivity contribution is 0.227. The second kappa shape index (κ2) is 6.51. The van der Waals surface area contributed by atoms with Crippen LogP contribution in [0.3, 0.4) is 0 Å². The third kappa shape index (κ3) is 4.04. The molecule has 19 heavy (non-hydrogen) atoms. The lowest BCUT2D eigenvalue weighted by Crippen LogP contribution is -2.37. The van der Waals surface area contributed by atoms with Crippen LogP contribution in [0.1, 0.15) is 44.2 Å². The van der Waals surface area contributed by atoms with Crippen LogP contribution in [0.25, 0.3) is 0 Å². The summed E-state index contributed by atoms with van der Waals surface area (Å²) in [6.07, 6.45) is 4.93. The number of nitrogens with one attached hydrogen (secondary N) is 1. The first-order valence-electron chi connectivity index (χ1n) is 7.54. The average Bonchev–Trinajstić information content (AvgIpc) is 2.36. The Morgan fingerprint density at radius 1 is 1.21 bits per heavy atom. The van der Waals surface area contributed by atoms with Crippen molar-refractivity contribution in [2.75, 3.05) is 6.54 Å². The van der Waals surface area contributed by atoms with Crippen LogP contribution in [0.5, 0.6) is 0 Å². The Hall–Kier alpha value is -0.890. The summed E-state index contributed by atoms with van der Waals surface area (Å²) in [6.45, 7) is 7.71. The minimum absolute atomic E-state index is 0.135. The summed E-state index contributed by atoms with van der Waals surface area (Å²) in [5.74, 6) is 1.57. The van der Waals surface area contributed by atoms with Gasteiger partial charge in [-0.15, -0.1) is 0 Å². The molecule has 0 heterocycles. The van der Waals surface area contributed by atoms with Crippen molar-refractivity contribution in [2.24, 2.45) is 11.8 Å². The van der Waals surface area contributed by atoms with Gasteiger partial charge in [-0.3, -0.25) is 0 Å². The van der Waals surface area contributed by atoms with Gasteiger partial charge in [0.15, 0.2) is 0 Å². The number of rotatable bonds is 4. The van der Waals surface area contributed by atoms with Gasteiger partial charge in [-0.05, 0) is 74.2 Å². The van der Waals surface area contributed by atoms with Gasteiger partial charge in [-0.25, -0.2) is 4.39 Å². The van der Waals surface area contributed by atoms with Gasteiger partial charge in [0.1, 0.15) is 5.82 Å². The number of hydrogen-bond acceptors (Lipinski definition) is 1. The third-order valence-corrected chi connectivity index (χ3v) is 4.73. The Labute approximate surface area is 116 Å². The lowest BCUT2D eigenvalue weighted by atomic mass is 9.79. The molecule has 1 aliphatic rings. The molecule has 1 nitrogen and oxygen atoms in total. The molecule has 1 fully saturated rings. The van der Waals surface area contributed by atoms with E-state index in [0.717, 1.165) is 30.4 Å². The predicted molar refractivity (Wildman–Crippen MR) is 78.8 cm³/mol. The molecule has 0 aliphatic heterocycles. The standard InChI is InChI=1S/C17H26FN/c1-12-4-7-17(11-13(12)2)19-9-8-15-5-6-16(18)10-14(15)3/h5-6,10,12-13,17,19H,4,7-9,11H2,1-3H3. The summed E-state index contributed by atoms with van der Waals surface area (Å²) >= 11 is 0. The maximum atomic E-state index is 13.0. The number of hydrogen-bond donors (Lipinski definition) is 1. The van der Waals surface area contributed by atoms with E-state index in [-0.39, 0.29) is 5.82 Å². The van der Waals surface area contributed by atoms with E-state index in [1.807, 2.05) is 13.0 Å². The van der Waals surface area contributed by atoms with Gasteiger partial charge in [-0.1, -0.05) is 19.9 Å². The van der Waals surface area contributed by atoms with Crippen molar-refractivity contribution in [3.05, 3.63) is 35.1 Å². The quantitative estimate of drug-likeness (QED) is 0.862. The molecule has 1 N–H and O–H groups in total. The van der Waals surface area contributed by atoms with Gasteiger partial charge in [0.25, 0.3) is 0 Å². The first kappa shape index (κ1) is 14.5. The van der Waals surface area contributed by atoms with Gasteiger partial charge in [0.2, 0.25) is 0 Å². The summed E-state index contributed by atoms with van der Waals surface area (Å²) in [5, 5.41) is 3.67. The van der Waals surface area contributed by atoms with Crippen LogP contribution in [0.4, 0.5) is 4.39 Å². The van der Waals surface area contributed by atoms with Gasteiger partial charge in [0, 0.05) is 6.04 Å². The second-order valence-corrected chi connectivity index (χ2v) is 6.24. The molecule has 3 atom stereocenters. The predicted octanol–water partition coefficient (Wildman–Crippen LogP) is 4.09. The van der Waals surface area contributed by atoms with E-state index >= 15 is 0 Å². The molecule has 1 aliphatic carbocycles. The van der Waals surface area contributed by atoms with Crippen LogP contribution in [0.2, 0.25) is 0 Å². The molecule has 1 aromatic carbocycles. The van der Waals surface area contributed by atoms with Crippen LogP contribution in [-0.4, -0.2) is 12.6 Å². The van der Waals surface area contributed by atoms with Crippen LogP contribution in [0.15, 0.2) is 18.2 Å². The first-order valence-corrected chi connectivity index (χ1v) is 7.54. The number of halogens is 1. The zero-order valence-electron chi connectivity index (χ0n) is 12.4. The Balaban J connectivity index is 1.77. The zero-order chi connectivity index (χ0) is 13.8. The summed E-state index contributed by atoms with van der Waals surface area (Å²) in [7, 11) is 0. The summed E-state index contributed by atoms with van der Waals surface area (Å²) in [6, 6.07) is 5.77. The average molecular weight is 263 g/mol. The van der Waals surface area contributed by atoms with E-state index in [9.17, 15) is 4.39 Å². The minimum atomic E-state index is -0.135. The summed E-state index contributed by atoms with van der Waals surface area (Å²) < 4.78 is 13.0. The Morgan fingerprint density at radius 3 is 2.68 bits per heavy atom. The maximum Gasteiger partial charge on any atom is 0.123 e. The molecule has 1 saturated carbocycles. The van der Waals surface area contributed by atoms with E-state index in [1.165, 1.54) is 24.8 Å². The largest absolute Gasteiger partial charge is 0.314 e. The van der Waals surface area contributed by atoms with Gasteiger partial charge < -0.3 is 5.32 Å². The van der Waals surface area contributed by atoms with Gasteiger partial charge in [0.05, 0.1) is 0 Å².